The molecule has 0 radical (unpaired) electrons. The summed E-state index contributed by atoms with van der Waals surface area (Å²) >= 11 is 0. The molecule has 23 heavy (non-hydrogen) atoms. The van der Waals surface area contributed by atoms with Gasteiger partial charge in [-0.05, 0) is 36.2 Å². The zero-order chi connectivity index (χ0) is 16.0. The predicted octanol–water partition coefficient (Wildman–Crippen LogP) is 4.34. The molecule has 2 heterocycles. The number of hydrogen-bond acceptors (Lipinski definition) is 3. The van der Waals surface area contributed by atoms with Gasteiger partial charge in [0.05, 0.1) is 16.6 Å². The van der Waals surface area contributed by atoms with Crippen molar-refractivity contribution < 1.29 is 0 Å². The Bertz CT molecular complexity index is 1010. The van der Waals surface area contributed by atoms with Crippen LogP contribution in [0.2, 0.25) is 0 Å². The molecule has 4 nitrogen and oxygen atoms in total. The number of aryl methyl sites for hydroxylation is 1. The van der Waals surface area contributed by atoms with Gasteiger partial charge in [0.2, 0.25) is 0 Å². The fourth-order valence-corrected chi connectivity index (χ4v) is 2.97. The highest BCUT2D eigenvalue weighted by Gasteiger charge is 2.12. The SMILES string of the molecule is CC(C)CNc1ccc2c(c1)c1nc3ccccc3nc1n2C. The molecule has 4 heteroatoms. The van der Waals surface area contributed by atoms with Crippen LogP contribution in [-0.4, -0.2) is 21.1 Å². The number of fused-ring (bicyclic) bond motifs is 4. The van der Waals surface area contributed by atoms with E-state index in [0.717, 1.165) is 45.3 Å². The Labute approximate surface area is 135 Å². The van der Waals surface area contributed by atoms with Gasteiger partial charge in [0, 0.05) is 24.7 Å². The summed E-state index contributed by atoms with van der Waals surface area (Å²) in [5.74, 6) is 0.613. The fourth-order valence-electron chi connectivity index (χ4n) is 2.97. The van der Waals surface area contributed by atoms with Crippen LogP contribution in [-0.2, 0) is 7.05 Å². The number of rotatable bonds is 3. The van der Waals surface area contributed by atoms with Crippen molar-refractivity contribution >= 4 is 38.8 Å². The second-order valence-electron chi connectivity index (χ2n) is 6.45. The van der Waals surface area contributed by atoms with Crippen molar-refractivity contribution in [1.82, 2.24) is 14.5 Å². The van der Waals surface area contributed by atoms with Gasteiger partial charge in [-0.3, -0.25) is 0 Å². The summed E-state index contributed by atoms with van der Waals surface area (Å²) in [6.45, 7) is 5.38. The molecule has 0 aliphatic carbocycles. The highest BCUT2D eigenvalue weighted by Crippen LogP contribution is 2.29. The number of aromatic nitrogens is 3. The molecular formula is C19H20N4. The van der Waals surface area contributed by atoms with Crippen molar-refractivity contribution in [3.05, 3.63) is 42.5 Å². The molecule has 0 aliphatic heterocycles. The maximum absolute atomic E-state index is 4.85. The first-order valence-corrected chi connectivity index (χ1v) is 8.02. The van der Waals surface area contributed by atoms with Gasteiger partial charge in [0.25, 0.3) is 0 Å². The molecule has 0 aliphatic rings. The van der Waals surface area contributed by atoms with E-state index in [1.807, 2.05) is 24.3 Å². The predicted molar refractivity (Wildman–Crippen MR) is 96.8 cm³/mol. The van der Waals surface area contributed by atoms with Crippen LogP contribution in [0.5, 0.6) is 0 Å². The van der Waals surface area contributed by atoms with Crippen LogP contribution in [0.1, 0.15) is 13.8 Å². The number of nitrogens with zero attached hydrogens (tertiary/aromatic N) is 3. The maximum Gasteiger partial charge on any atom is 0.160 e. The monoisotopic (exact) mass is 304 g/mol. The summed E-state index contributed by atoms with van der Waals surface area (Å²) in [7, 11) is 2.05. The summed E-state index contributed by atoms with van der Waals surface area (Å²) < 4.78 is 2.12. The minimum absolute atomic E-state index is 0.613. The van der Waals surface area contributed by atoms with Gasteiger partial charge in [-0.15, -0.1) is 0 Å². The lowest BCUT2D eigenvalue weighted by molar-refractivity contribution is 0.689. The van der Waals surface area contributed by atoms with Crippen LogP contribution in [0.25, 0.3) is 33.1 Å². The Morgan fingerprint density at radius 3 is 2.52 bits per heavy atom. The molecule has 0 saturated carbocycles. The second-order valence-corrected chi connectivity index (χ2v) is 6.45. The van der Waals surface area contributed by atoms with Gasteiger partial charge < -0.3 is 9.88 Å². The van der Waals surface area contributed by atoms with Gasteiger partial charge in [0.1, 0.15) is 5.52 Å². The zero-order valence-corrected chi connectivity index (χ0v) is 13.7. The summed E-state index contributed by atoms with van der Waals surface area (Å²) in [4.78, 5) is 9.65. The number of para-hydroxylation sites is 2. The van der Waals surface area contributed by atoms with Crippen LogP contribution in [0.15, 0.2) is 42.5 Å². The molecule has 116 valence electrons. The molecule has 4 rings (SSSR count). The van der Waals surface area contributed by atoms with E-state index in [1.165, 1.54) is 0 Å². The first-order chi connectivity index (χ1) is 11.1. The minimum Gasteiger partial charge on any atom is -0.385 e. The minimum atomic E-state index is 0.613. The molecule has 2 aromatic carbocycles. The van der Waals surface area contributed by atoms with Gasteiger partial charge in [-0.2, -0.15) is 0 Å². The van der Waals surface area contributed by atoms with E-state index < -0.39 is 0 Å². The standard InChI is InChI=1S/C19H20N4/c1-12(2)11-20-13-8-9-17-14(10-13)18-19(23(17)3)22-16-7-5-4-6-15(16)21-18/h4-10,12,20H,11H2,1-3H3. The fraction of sp³-hybridized carbons (Fsp3) is 0.263. The molecule has 0 amide bonds. The number of benzene rings is 2. The lowest BCUT2D eigenvalue weighted by atomic mass is 10.2. The van der Waals surface area contributed by atoms with Crippen molar-refractivity contribution in [3.8, 4) is 0 Å². The first-order valence-electron chi connectivity index (χ1n) is 8.02. The van der Waals surface area contributed by atoms with Crippen molar-refractivity contribution in [2.45, 2.75) is 13.8 Å². The van der Waals surface area contributed by atoms with E-state index in [4.69, 9.17) is 9.97 Å². The summed E-state index contributed by atoms with van der Waals surface area (Å²) in [5, 5.41) is 4.64. The summed E-state index contributed by atoms with van der Waals surface area (Å²) in [6.07, 6.45) is 0. The van der Waals surface area contributed by atoms with Crippen molar-refractivity contribution in [2.75, 3.05) is 11.9 Å². The molecule has 0 saturated heterocycles. The van der Waals surface area contributed by atoms with E-state index in [2.05, 4.69) is 49.0 Å². The van der Waals surface area contributed by atoms with Gasteiger partial charge >= 0.3 is 0 Å². The average Bonchev–Trinajstić information content (AvgIpc) is 2.83. The van der Waals surface area contributed by atoms with E-state index in [0.29, 0.717) is 5.92 Å². The Morgan fingerprint density at radius 1 is 1.04 bits per heavy atom. The summed E-state index contributed by atoms with van der Waals surface area (Å²) in [6, 6.07) is 14.5. The van der Waals surface area contributed by atoms with Crippen molar-refractivity contribution in [3.63, 3.8) is 0 Å². The van der Waals surface area contributed by atoms with E-state index in [1.54, 1.807) is 0 Å². The Hall–Kier alpha value is -2.62. The first kappa shape index (κ1) is 14.0. The molecule has 2 aromatic heterocycles. The smallest absolute Gasteiger partial charge is 0.160 e. The topological polar surface area (TPSA) is 42.7 Å². The molecular weight excluding hydrogens is 284 g/mol. The molecule has 0 atom stereocenters. The van der Waals surface area contributed by atoms with Gasteiger partial charge in [-0.25, -0.2) is 9.97 Å². The largest absolute Gasteiger partial charge is 0.385 e. The molecule has 0 fully saturated rings. The van der Waals surface area contributed by atoms with Crippen LogP contribution < -0.4 is 5.32 Å². The lowest BCUT2D eigenvalue weighted by Crippen LogP contribution is -2.07. The maximum atomic E-state index is 4.85. The van der Waals surface area contributed by atoms with Crippen LogP contribution >= 0.6 is 0 Å². The molecule has 1 N–H and O–H groups in total. The lowest BCUT2D eigenvalue weighted by Gasteiger charge is -2.09. The molecule has 0 bridgehead atoms. The zero-order valence-electron chi connectivity index (χ0n) is 13.7. The van der Waals surface area contributed by atoms with E-state index >= 15 is 0 Å². The van der Waals surface area contributed by atoms with Crippen LogP contribution in [0.3, 0.4) is 0 Å². The second kappa shape index (κ2) is 5.23. The average molecular weight is 304 g/mol. The molecule has 4 aromatic rings. The number of anilines is 1. The normalized spacial score (nSPS) is 11.8. The number of hydrogen-bond donors (Lipinski definition) is 1. The Balaban J connectivity index is 1.96. The molecule has 0 unspecified atom stereocenters. The molecule has 0 spiro atoms. The number of nitrogens with one attached hydrogen (secondary N) is 1. The van der Waals surface area contributed by atoms with Crippen LogP contribution in [0, 0.1) is 5.92 Å². The van der Waals surface area contributed by atoms with Crippen LogP contribution in [0.4, 0.5) is 5.69 Å². The summed E-state index contributed by atoms with van der Waals surface area (Å²) in [5.41, 5.74) is 6.06. The Kier molecular flexibility index (Phi) is 3.18. The highest BCUT2D eigenvalue weighted by molar-refractivity contribution is 6.07. The third kappa shape index (κ3) is 2.31. The van der Waals surface area contributed by atoms with Crippen molar-refractivity contribution in [2.24, 2.45) is 13.0 Å². The van der Waals surface area contributed by atoms with E-state index in [9.17, 15) is 0 Å². The third-order valence-electron chi connectivity index (χ3n) is 4.20. The highest BCUT2D eigenvalue weighted by atomic mass is 15.0. The van der Waals surface area contributed by atoms with Gasteiger partial charge in [-0.1, -0.05) is 26.0 Å². The van der Waals surface area contributed by atoms with E-state index in [-0.39, 0.29) is 0 Å². The Morgan fingerprint density at radius 2 is 1.78 bits per heavy atom. The van der Waals surface area contributed by atoms with Gasteiger partial charge in [0.15, 0.2) is 5.65 Å². The van der Waals surface area contributed by atoms with Crippen molar-refractivity contribution in [1.29, 1.82) is 0 Å². The quantitative estimate of drug-likeness (QED) is 0.612. The third-order valence-corrected chi connectivity index (χ3v) is 4.20.